The van der Waals surface area contributed by atoms with Crippen molar-refractivity contribution >= 4 is 65.0 Å². The zero-order valence-electron chi connectivity index (χ0n) is 33.0. The quantitative estimate of drug-likeness (QED) is 0.183. The minimum Gasteiger partial charge on any atom is -0.456 e. The largest absolute Gasteiger partial charge is 0.456 e. The number of hydrogen-bond acceptors (Lipinski definition) is 1. The Morgan fingerprint density at radius 3 is 1.68 bits per heavy atom. The lowest BCUT2D eigenvalue weighted by atomic mass is 9.83. The van der Waals surface area contributed by atoms with Crippen molar-refractivity contribution in [2.75, 3.05) is 0 Å². The van der Waals surface area contributed by atoms with Crippen LogP contribution in [-0.2, 0) is 0 Å². The maximum Gasteiger partial charge on any atom is 0.136 e. The summed E-state index contributed by atoms with van der Waals surface area (Å²) in [5.41, 5.74) is 5.01. The molecule has 218 valence electrons. The lowest BCUT2D eigenvalue weighted by molar-refractivity contribution is 0.669. The van der Waals surface area contributed by atoms with Gasteiger partial charge in [-0.3, -0.25) is 0 Å². The summed E-state index contributed by atoms with van der Waals surface area (Å²) in [6, 6.07) is 36.1. The second-order valence-electron chi connectivity index (χ2n) is 11.8. The molecule has 0 saturated carbocycles. The highest BCUT2D eigenvalue weighted by Crippen LogP contribution is 2.47. The molecular weight excluding hydrogens is 569 g/mol. The fraction of sp³-hybridized carbons (Fsp3) is 0. The molecule has 0 aliphatic carbocycles. The first kappa shape index (κ1) is 19.4. The van der Waals surface area contributed by atoms with Gasteiger partial charge in [0.2, 0.25) is 0 Å². The predicted molar refractivity (Wildman–Crippen MR) is 200 cm³/mol. The van der Waals surface area contributed by atoms with Crippen LogP contribution in [0.25, 0.3) is 98.4 Å². The van der Waals surface area contributed by atoms with E-state index in [1.54, 1.807) is 6.07 Å². The Morgan fingerprint density at radius 1 is 0.383 bits per heavy atom. The van der Waals surface area contributed by atoms with Crippen LogP contribution in [-0.4, -0.2) is 0 Å². The minimum atomic E-state index is -0.435. The molecule has 0 atom stereocenters. The fourth-order valence-corrected chi connectivity index (χ4v) is 7.27. The smallest absolute Gasteiger partial charge is 0.136 e. The molecule has 0 aliphatic heterocycles. The number of hydrogen-bond donors (Lipinski definition) is 0. The average molecular weight is 605 g/mol. The molecule has 0 amide bonds. The van der Waals surface area contributed by atoms with Crippen LogP contribution in [0.2, 0.25) is 0 Å². The van der Waals surface area contributed by atoms with Crippen LogP contribution in [0.1, 0.15) is 11.0 Å². The van der Waals surface area contributed by atoms with Crippen molar-refractivity contribution in [1.29, 1.82) is 0 Å². The van der Waals surface area contributed by atoms with Gasteiger partial charge in [-0.2, -0.15) is 0 Å². The topological polar surface area (TPSA) is 13.1 Å². The van der Waals surface area contributed by atoms with E-state index in [2.05, 4.69) is 0 Å². The molecule has 1 heteroatoms. The maximum atomic E-state index is 9.46. The van der Waals surface area contributed by atoms with E-state index in [0.29, 0.717) is 33.4 Å². The fourth-order valence-electron chi connectivity index (χ4n) is 7.27. The molecule has 1 aromatic heterocycles. The monoisotopic (exact) mass is 604 g/mol. The summed E-state index contributed by atoms with van der Waals surface area (Å²) in [4.78, 5) is 0. The summed E-state index contributed by atoms with van der Waals surface area (Å²) in [6.07, 6.45) is 0. The zero-order chi connectivity index (χ0) is 37.9. The first-order chi connectivity index (χ1) is 26.7. The molecule has 1 nitrogen and oxygen atoms in total. The highest BCUT2D eigenvalue weighted by atomic mass is 16.3. The molecule has 0 radical (unpaired) electrons. The van der Waals surface area contributed by atoms with E-state index in [1.807, 2.05) is 115 Å². The zero-order valence-corrected chi connectivity index (χ0v) is 25.0. The predicted octanol–water partition coefficient (Wildman–Crippen LogP) is 13.2. The first-order valence-electron chi connectivity index (χ1n) is 19.5. The average Bonchev–Trinajstić information content (AvgIpc) is 3.61. The van der Waals surface area contributed by atoms with Crippen LogP contribution in [0.4, 0.5) is 0 Å². The Labute approximate surface area is 283 Å². The standard InChI is InChI=1S/C46H28O/c1-2-12-29(13-3-1)32-24-25-40(35-17-7-6-16-34(32)35)45-38-20-10-8-18-36(38)44(37-19-9-11-21-39(37)45)31-23-26-42-41(28-31)46-33-15-5-4-14-30(33)22-27-43(46)47-42/h1-28H/i8D,9D,10D,11D,18D,19D,20D,21D. The van der Waals surface area contributed by atoms with Crippen molar-refractivity contribution < 1.29 is 15.4 Å². The summed E-state index contributed by atoms with van der Waals surface area (Å²) in [5, 5.41) is 6.04. The first-order valence-corrected chi connectivity index (χ1v) is 15.5. The van der Waals surface area contributed by atoms with E-state index in [0.717, 1.165) is 43.4 Å². The highest BCUT2D eigenvalue weighted by Gasteiger charge is 2.20. The van der Waals surface area contributed by atoms with Gasteiger partial charge in [0.1, 0.15) is 11.2 Å². The summed E-state index contributed by atoms with van der Waals surface area (Å²) >= 11 is 0. The summed E-state index contributed by atoms with van der Waals surface area (Å²) < 4.78 is 79.7. The molecule has 47 heavy (non-hydrogen) atoms. The Hall–Kier alpha value is -6.18. The molecule has 0 N–H and O–H groups in total. The van der Waals surface area contributed by atoms with Gasteiger partial charge in [-0.1, -0.05) is 151 Å². The number of furan rings is 1. The lowest BCUT2D eigenvalue weighted by Crippen LogP contribution is -1.92. The molecule has 0 aliphatic rings. The third kappa shape index (κ3) is 3.90. The van der Waals surface area contributed by atoms with Crippen molar-refractivity contribution in [1.82, 2.24) is 0 Å². The highest BCUT2D eigenvalue weighted by molar-refractivity contribution is 6.25. The van der Waals surface area contributed by atoms with Gasteiger partial charge in [0.15, 0.2) is 0 Å². The van der Waals surface area contributed by atoms with Crippen LogP contribution in [0.5, 0.6) is 0 Å². The van der Waals surface area contributed by atoms with Gasteiger partial charge in [-0.25, -0.2) is 0 Å². The van der Waals surface area contributed by atoms with Gasteiger partial charge >= 0.3 is 0 Å². The molecule has 10 aromatic rings. The molecule has 0 fully saturated rings. The van der Waals surface area contributed by atoms with E-state index in [-0.39, 0.29) is 45.7 Å². The van der Waals surface area contributed by atoms with Gasteiger partial charge in [-0.05, 0) is 94.7 Å². The molecule has 0 bridgehead atoms. The molecule has 1 heterocycles. The van der Waals surface area contributed by atoms with Gasteiger partial charge in [-0.15, -0.1) is 0 Å². The third-order valence-electron chi connectivity index (χ3n) is 9.30. The number of fused-ring (bicyclic) bond motifs is 8. The minimum absolute atomic E-state index is 0.173. The van der Waals surface area contributed by atoms with Crippen LogP contribution < -0.4 is 0 Å². The SMILES string of the molecule is [2H]c1c([2H])c([2H])c2c(-c3ccc(-c4ccccc4)c4ccccc34)c3c([2H])c([2H])c([2H])c([2H])c3c(-c3ccc4oc5ccc6ccccc6c5c4c3)c2c1[2H]. The van der Waals surface area contributed by atoms with Crippen LogP contribution in [0.15, 0.2) is 174 Å². The molecule has 9 aromatic carbocycles. The van der Waals surface area contributed by atoms with Crippen LogP contribution in [0, 0.1) is 0 Å². The van der Waals surface area contributed by atoms with Crippen molar-refractivity contribution in [3.63, 3.8) is 0 Å². The van der Waals surface area contributed by atoms with Crippen molar-refractivity contribution in [3.05, 3.63) is 170 Å². The maximum absolute atomic E-state index is 9.46. The van der Waals surface area contributed by atoms with Crippen molar-refractivity contribution in [3.8, 4) is 33.4 Å². The van der Waals surface area contributed by atoms with Gasteiger partial charge < -0.3 is 4.42 Å². The van der Waals surface area contributed by atoms with Gasteiger partial charge in [0.05, 0.1) is 11.0 Å². The second kappa shape index (κ2) is 10.2. The van der Waals surface area contributed by atoms with Crippen LogP contribution in [0.3, 0.4) is 0 Å². The normalized spacial score (nSPS) is 14.2. The lowest BCUT2D eigenvalue weighted by Gasteiger charge is -2.19. The Kier molecular flexibility index (Phi) is 4.19. The van der Waals surface area contributed by atoms with E-state index in [9.17, 15) is 5.48 Å². The van der Waals surface area contributed by atoms with Crippen molar-refractivity contribution in [2.45, 2.75) is 0 Å². The third-order valence-corrected chi connectivity index (χ3v) is 9.30. The van der Waals surface area contributed by atoms with E-state index in [4.69, 9.17) is 9.90 Å². The molecule has 10 rings (SSSR count). The molecular formula is C46H28O. The van der Waals surface area contributed by atoms with Gasteiger partial charge in [0.25, 0.3) is 0 Å². The molecule has 0 saturated heterocycles. The molecule has 0 unspecified atom stereocenters. The van der Waals surface area contributed by atoms with E-state index in [1.165, 1.54) is 0 Å². The Bertz CT molecular complexity index is 3220. The van der Waals surface area contributed by atoms with E-state index < -0.39 is 24.2 Å². The van der Waals surface area contributed by atoms with E-state index >= 15 is 0 Å². The van der Waals surface area contributed by atoms with Crippen molar-refractivity contribution in [2.24, 2.45) is 0 Å². The Balaban J connectivity index is 1.43. The summed E-state index contributed by atoms with van der Waals surface area (Å²) in [5.74, 6) is 0. The number of benzene rings is 9. The summed E-state index contributed by atoms with van der Waals surface area (Å²) in [7, 11) is 0. The number of rotatable bonds is 3. The second-order valence-corrected chi connectivity index (χ2v) is 11.8. The van der Waals surface area contributed by atoms with Gasteiger partial charge in [0, 0.05) is 10.8 Å². The summed E-state index contributed by atoms with van der Waals surface area (Å²) in [6.45, 7) is 0. The molecule has 0 spiro atoms. The Morgan fingerprint density at radius 2 is 0.957 bits per heavy atom. The van der Waals surface area contributed by atoms with Crippen LogP contribution >= 0.6 is 0 Å².